The van der Waals surface area contributed by atoms with Crippen LogP contribution in [-0.4, -0.2) is 6.79 Å². The van der Waals surface area contributed by atoms with Crippen LogP contribution in [0.3, 0.4) is 0 Å². The summed E-state index contributed by atoms with van der Waals surface area (Å²) in [7, 11) is 0. The van der Waals surface area contributed by atoms with Crippen molar-refractivity contribution in [3.63, 3.8) is 0 Å². The maximum atomic E-state index is 12.9. The van der Waals surface area contributed by atoms with Gasteiger partial charge in [-0.1, -0.05) is 31.2 Å². The number of fused-ring (bicyclic) bond motifs is 1. The van der Waals surface area contributed by atoms with Gasteiger partial charge in [-0.15, -0.1) is 0 Å². The van der Waals surface area contributed by atoms with E-state index in [2.05, 4.69) is 0 Å². The van der Waals surface area contributed by atoms with E-state index in [-0.39, 0.29) is 6.79 Å². The number of rotatable bonds is 2. The SMILES string of the molecule is CCc1ccc(C2OCOc3ccc(C(F)(F)F)cc32)cc1. The van der Waals surface area contributed by atoms with Crippen LogP contribution < -0.4 is 4.74 Å². The molecule has 0 aliphatic carbocycles. The highest BCUT2D eigenvalue weighted by molar-refractivity contribution is 5.45. The molecule has 116 valence electrons. The fraction of sp³-hybridized carbons (Fsp3) is 0.294. The number of alkyl halides is 3. The molecule has 1 atom stereocenters. The number of hydrogen-bond acceptors (Lipinski definition) is 2. The Bertz CT molecular complexity index is 663. The molecule has 0 N–H and O–H groups in total. The van der Waals surface area contributed by atoms with Crippen LogP contribution in [-0.2, 0) is 17.3 Å². The van der Waals surface area contributed by atoms with Gasteiger partial charge in [-0.05, 0) is 35.7 Å². The standard InChI is InChI=1S/C17H15F3O2/c1-2-11-3-5-12(6-4-11)16-14-9-13(17(18,19)20)7-8-15(14)21-10-22-16/h3-9,16H,2,10H2,1H3. The third-order valence-corrected chi connectivity index (χ3v) is 3.76. The average molecular weight is 308 g/mol. The Hall–Kier alpha value is -2.01. The first-order valence-electron chi connectivity index (χ1n) is 7.03. The van der Waals surface area contributed by atoms with Crippen LogP contribution >= 0.6 is 0 Å². The number of benzene rings is 2. The number of halogens is 3. The van der Waals surface area contributed by atoms with Crippen LogP contribution in [0.15, 0.2) is 42.5 Å². The van der Waals surface area contributed by atoms with Gasteiger partial charge in [0.2, 0.25) is 0 Å². The number of ether oxygens (including phenoxy) is 2. The van der Waals surface area contributed by atoms with Gasteiger partial charge in [-0.2, -0.15) is 13.2 Å². The maximum absolute atomic E-state index is 12.9. The van der Waals surface area contributed by atoms with Crippen molar-refractivity contribution in [2.45, 2.75) is 25.6 Å². The van der Waals surface area contributed by atoms with Crippen LogP contribution in [0.4, 0.5) is 13.2 Å². The van der Waals surface area contributed by atoms with Crippen molar-refractivity contribution in [3.8, 4) is 5.75 Å². The van der Waals surface area contributed by atoms with Gasteiger partial charge in [0.25, 0.3) is 0 Å². The molecule has 0 fully saturated rings. The van der Waals surface area contributed by atoms with Crippen LogP contribution in [0, 0.1) is 0 Å². The van der Waals surface area contributed by atoms with E-state index in [1.165, 1.54) is 11.6 Å². The molecule has 2 aromatic rings. The summed E-state index contributed by atoms with van der Waals surface area (Å²) < 4.78 is 49.6. The molecular weight excluding hydrogens is 293 g/mol. The van der Waals surface area contributed by atoms with E-state index >= 15 is 0 Å². The molecule has 3 rings (SSSR count). The molecule has 0 amide bonds. The normalized spacial score (nSPS) is 17.7. The summed E-state index contributed by atoms with van der Waals surface area (Å²) in [5, 5.41) is 0. The van der Waals surface area contributed by atoms with Gasteiger partial charge in [0, 0.05) is 5.56 Å². The molecule has 2 nitrogen and oxygen atoms in total. The highest BCUT2D eigenvalue weighted by Crippen LogP contribution is 2.40. The first kappa shape index (κ1) is 14.9. The highest BCUT2D eigenvalue weighted by atomic mass is 19.4. The van der Waals surface area contributed by atoms with E-state index in [1.807, 2.05) is 31.2 Å². The fourth-order valence-corrected chi connectivity index (χ4v) is 2.52. The molecule has 1 aliphatic heterocycles. The Kier molecular flexibility index (Phi) is 3.83. The summed E-state index contributed by atoms with van der Waals surface area (Å²) >= 11 is 0. The third-order valence-electron chi connectivity index (χ3n) is 3.76. The van der Waals surface area contributed by atoms with Crippen molar-refractivity contribution < 1.29 is 22.6 Å². The fourth-order valence-electron chi connectivity index (χ4n) is 2.52. The van der Waals surface area contributed by atoms with Gasteiger partial charge in [0.15, 0.2) is 6.79 Å². The summed E-state index contributed by atoms with van der Waals surface area (Å²) in [5.41, 5.74) is 1.70. The van der Waals surface area contributed by atoms with Gasteiger partial charge >= 0.3 is 6.18 Å². The molecule has 0 bridgehead atoms. The van der Waals surface area contributed by atoms with Crippen molar-refractivity contribution in [1.29, 1.82) is 0 Å². The Morgan fingerprint density at radius 3 is 2.45 bits per heavy atom. The van der Waals surface area contributed by atoms with Crippen molar-refractivity contribution in [2.24, 2.45) is 0 Å². The topological polar surface area (TPSA) is 18.5 Å². The third kappa shape index (κ3) is 2.81. The molecule has 0 spiro atoms. The maximum Gasteiger partial charge on any atom is 0.416 e. The summed E-state index contributed by atoms with van der Waals surface area (Å²) in [4.78, 5) is 0. The Morgan fingerprint density at radius 2 is 1.82 bits per heavy atom. The second kappa shape index (κ2) is 5.65. The van der Waals surface area contributed by atoms with Crippen molar-refractivity contribution in [2.75, 3.05) is 6.79 Å². The zero-order valence-corrected chi connectivity index (χ0v) is 12.0. The van der Waals surface area contributed by atoms with Crippen LogP contribution in [0.5, 0.6) is 5.75 Å². The summed E-state index contributed by atoms with van der Waals surface area (Å²) in [6, 6.07) is 11.2. The molecule has 5 heteroatoms. The summed E-state index contributed by atoms with van der Waals surface area (Å²) in [6.45, 7) is 2.07. The minimum absolute atomic E-state index is 0.0263. The zero-order chi connectivity index (χ0) is 15.7. The van der Waals surface area contributed by atoms with Gasteiger partial charge in [-0.25, -0.2) is 0 Å². The zero-order valence-electron chi connectivity index (χ0n) is 12.0. The van der Waals surface area contributed by atoms with Gasteiger partial charge < -0.3 is 9.47 Å². The first-order valence-corrected chi connectivity index (χ1v) is 7.03. The Balaban J connectivity index is 2.02. The minimum Gasteiger partial charge on any atom is -0.467 e. The molecule has 1 heterocycles. The molecular formula is C17H15F3O2. The highest BCUT2D eigenvalue weighted by Gasteiger charge is 2.33. The van der Waals surface area contributed by atoms with Gasteiger partial charge in [0.05, 0.1) is 5.56 Å². The van der Waals surface area contributed by atoms with E-state index in [9.17, 15) is 13.2 Å². The van der Waals surface area contributed by atoms with Crippen molar-refractivity contribution in [3.05, 3.63) is 64.7 Å². The quantitative estimate of drug-likeness (QED) is 0.799. The van der Waals surface area contributed by atoms with Crippen molar-refractivity contribution in [1.82, 2.24) is 0 Å². The van der Waals surface area contributed by atoms with E-state index in [0.717, 1.165) is 24.1 Å². The molecule has 1 aliphatic rings. The molecule has 0 saturated carbocycles. The smallest absolute Gasteiger partial charge is 0.416 e. The lowest BCUT2D eigenvalue weighted by atomic mass is 9.96. The van der Waals surface area contributed by atoms with E-state index < -0.39 is 17.8 Å². The summed E-state index contributed by atoms with van der Waals surface area (Å²) in [6.07, 6.45) is -4.02. The Morgan fingerprint density at radius 1 is 1.09 bits per heavy atom. The van der Waals surface area contributed by atoms with Crippen LogP contribution in [0.25, 0.3) is 0 Å². The number of hydrogen-bond donors (Lipinski definition) is 0. The molecule has 0 aromatic heterocycles. The lowest BCUT2D eigenvalue weighted by molar-refractivity contribution is -0.137. The van der Waals surface area contributed by atoms with E-state index in [1.54, 1.807) is 0 Å². The Labute approximate surface area is 126 Å². The van der Waals surface area contributed by atoms with E-state index in [0.29, 0.717) is 11.3 Å². The average Bonchev–Trinajstić information content (AvgIpc) is 2.53. The predicted molar refractivity (Wildman–Crippen MR) is 75.7 cm³/mol. The van der Waals surface area contributed by atoms with Gasteiger partial charge in [0.1, 0.15) is 11.9 Å². The molecule has 22 heavy (non-hydrogen) atoms. The lowest BCUT2D eigenvalue weighted by Crippen LogP contribution is -2.19. The second-order valence-electron chi connectivity index (χ2n) is 5.15. The molecule has 2 aromatic carbocycles. The second-order valence-corrected chi connectivity index (χ2v) is 5.15. The van der Waals surface area contributed by atoms with Crippen LogP contribution in [0.2, 0.25) is 0 Å². The molecule has 1 unspecified atom stereocenters. The first-order chi connectivity index (χ1) is 10.5. The monoisotopic (exact) mass is 308 g/mol. The number of aryl methyl sites for hydroxylation is 1. The van der Waals surface area contributed by atoms with E-state index in [4.69, 9.17) is 9.47 Å². The molecule has 0 saturated heterocycles. The van der Waals surface area contributed by atoms with Crippen LogP contribution in [0.1, 0.15) is 35.3 Å². The molecule has 0 radical (unpaired) electrons. The predicted octanol–water partition coefficient (Wildman–Crippen LogP) is 4.72. The summed E-state index contributed by atoms with van der Waals surface area (Å²) in [5.74, 6) is 0.434. The van der Waals surface area contributed by atoms with Crippen molar-refractivity contribution >= 4 is 0 Å². The van der Waals surface area contributed by atoms with Gasteiger partial charge in [-0.3, -0.25) is 0 Å². The lowest BCUT2D eigenvalue weighted by Gasteiger charge is -2.27. The minimum atomic E-state index is -4.39. The largest absolute Gasteiger partial charge is 0.467 e.